The zero-order chi connectivity index (χ0) is 10.7. The van der Waals surface area contributed by atoms with Crippen LogP contribution in [0.4, 0.5) is 0 Å². The Morgan fingerprint density at radius 2 is 2.40 bits per heavy atom. The predicted octanol–water partition coefficient (Wildman–Crippen LogP) is 1.08. The minimum atomic E-state index is -0.491. The molecular formula is C9H9ClN2O3. The van der Waals surface area contributed by atoms with Crippen LogP contribution in [0, 0.1) is 0 Å². The number of carbonyl (C=O) groups excluding carboxylic acids is 1. The number of aromatic nitrogens is 2. The summed E-state index contributed by atoms with van der Waals surface area (Å²) in [6.45, 7) is 1.08. The van der Waals surface area contributed by atoms with Crippen LogP contribution in [0.2, 0.25) is 5.15 Å². The minimum Gasteiger partial charge on any atom is -0.455 e. The molecular weight excluding hydrogens is 220 g/mol. The third-order valence-corrected chi connectivity index (χ3v) is 2.19. The molecule has 0 saturated carbocycles. The second-order valence-electron chi connectivity index (χ2n) is 3.12. The maximum atomic E-state index is 11.5. The van der Waals surface area contributed by atoms with Gasteiger partial charge in [0.1, 0.15) is 11.3 Å². The Hall–Kier alpha value is -1.20. The summed E-state index contributed by atoms with van der Waals surface area (Å²) in [7, 11) is 0. The van der Waals surface area contributed by atoms with Gasteiger partial charge in [0.05, 0.1) is 25.6 Å². The summed E-state index contributed by atoms with van der Waals surface area (Å²) in [5, 5.41) is 0.246. The van der Waals surface area contributed by atoms with Gasteiger partial charge in [-0.2, -0.15) is 0 Å². The van der Waals surface area contributed by atoms with E-state index >= 15 is 0 Å². The second-order valence-corrected chi connectivity index (χ2v) is 3.50. The molecule has 6 heteroatoms. The van der Waals surface area contributed by atoms with Crippen LogP contribution in [0.1, 0.15) is 16.9 Å². The number of carbonyl (C=O) groups is 1. The van der Waals surface area contributed by atoms with Crippen molar-refractivity contribution in [1.29, 1.82) is 0 Å². The highest BCUT2D eigenvalue weighted by Crippen LogP contribution is 2.10. The van der Waals surface area contributed by atoms with E-state index in [9.17, 15) is 4.79 Å². The first-order valence-electron chi connectivity index (χ1n) is 4.52. The van der Waals surface area contributed by atoms with Crippen molar-refractivity contribution in [3.05, 3.63) is 23.2 Å². The van der Waals surface area contributed by atoms with Gasteiger partial charge >= 0.3 is 5.97 Å². The molecule has 1 saturated heterocycles. The Morgan fingerprint density at radius 1 is 1.53 bits per heavy atom. The van der Waals surface area contributed by atoms with Gasteiger partial charge in [-0.25, -0.2) is 14.8 Å². The van der Waals surface area contributed by atoms with Crippen molar-refractivity contribution >= 4 is 17.6 Å². The highest BCUT2D eigenvalue weighted by molar-refractivity contribution is 6.29. The monoisotopic (exact) mass is 228 g/mol. The van der Waals surface area contributed by atoms with Gasteiger partial charge in [-0.1, -0.05) is 11.6 Å². The normalized spacial score (nSPS) is 20.2. The number of ether oxygens (including phenoxy) is 2. The molecule has 15 heavy (non-hydrogen) atoms. The van der Waals surface area contributed by atoms with Crippen molar-refractivity contribution in [2.45, 2.75) is 12.5 Å². The zero-order valence-corrected chi connectivity index (χ0v) is 8.61. The smallest absolute Gasteiger partial charge is 0.358 e. The molecule has 2 heterocycles. The number of nitrogens with zero attached hydrogens (tertiary/aromatic N) is 2. The van der Waals surface area contributed by atoms with Crippen LogP contribution in [-0.4, -0.2) is 35.3 Å². The fourth-order valence-electron chi connectivity index (χ4n) is 1.24. The molecule has 1 aliphatic heterocycles. The van der Waals surface area contributed by atoms with Gasteiger partial charge in [0.15, 0.2) is 5.69 Å². The van der Waals surface area contributed by atoms with Gasteiger partial charge in [0.2, 0.25) is 0 Å². The maximum Gasteiger partial charge on any atom is 0.358 e. The van der Waals surface area contributed by atoms with Crippen LogP contribution >= 0.6 is 11.6 Å². The van der Waals surface area contributed by atoms with Gasteiger partial charge in [-0.15, -0.1) is 0 Å². The fraction of sp³-hybridized carbons (Fsp3) is 0.444. The fourth-order valence-corrected chi connectivity index (χ4v) is 1.33. The largest absolute Gasteiger partial charge is 0.455 e. The van der Waals surface area contributed by atoms with Crippen molar-refractivity contribution < 1.29 is 14.3 Å². The molecule has 1 unspecified atom stereocenters. The lowest BCUT2D eigenvalue weighted by Crippen LogP contribution is -2.19. The van der Waals surface area contributed by atoms with E-state index in [0.29, 0.717) is 13.2 Å². The van der Waals surface area contributed by atoms with E-state index in [4.69, 9.17) is 21.1 Å². The average Bonchev–Trinajstić information content (AvgIpc) is 2.71. The summed E-state index contributed by atoms with van der Waals surface area (Å²) in [6, 6.07) is 0. The molecule has 0 amide bonds. The Kier molecular flexibility index (Phi) is 3.13. The third kappa shape index (κ3) is 2.64. The van der Waals surface area contributed by atoms with Crippen molar-refractivity contribution in [2.75, 3.05) is 13.2 Å². The molecule has 1 aromatic heterocycles. The van der Waals surface area contributed by atoms with E-state index in [1.54, 1.807) is 0 Å². The van der Waals surface area contributed by atoms with Crippen LogP contribution in [0.25, 0.3) is 0 Å². The van der Waals surface area contributed by atoms with Crippen molar-refractivity contribution in [2.24, 2.45) is 0 Å². The van der Waals surface area contributed by atoms with E-state index in [1.807, 2.05) is 0 Å². The number of esters is 1. The highest BCUT2D eigenvalue weighted by Gasteiger charge is 2.21. The van der Waals surface area contributed by atoms with Crippen molar-refractivity contribution in [3.8, 4) is 0 Å². The van der Waals surface area contributed by atoms with Crippen LogP contribution in [0.3, 0.4) is 0 Å². The Bertz CT molecular complexity index is 349. The number of halogens is 1. The average molecular weight is 229 g/mol. The summed E-state index contributed by atoms with van der Waals surface area (Å²) in [4.78, 5) is 19.0. The van der Waals surface area contributed by atoms with Gasteiger partial charge in [0.25, 0.3) is 0 Å². The third-order valence-electron chi connectivity index (χ3n) is 1.99. The molecule has 2 rings (SSSR count). The molecule has 1 aliphatic rings. The zero-order valence-electron chi connectivity index (χ0n) is 7.85. The molecule has 5 nitrogen and oxygen atoms in total. The molecule has 1 atom stereocenters. The standard InChI is InChI=1S/C9H9ClN2O3/c10-8-4-11-7(3-12-8)9(13)15-6-1-2-14-5-6/h3-4,6H,1-2,5H2. The minimum absolute atomic E-state index is 0.159. The second kappa shape index (κ2) is 4.55. The summed E-state index contributed by atoms with van der Waals surface area (Å²) in [6.07, 6.45) is 3.16. The molecule has 80 valence electrons. The molecule has 0 bridgehead atoms. The molecule has 0 spiro atoms. The highest BCUT2D eigenvalue weighted by atomic mass is 35.5. The summed E-state index contributed by atoms with van der Waals surface area (Å²) in [5.74, 6) is -0.491. The molecule has 0 N–H and O–H groups in total. The first-order valence-corrected chi connectivity index (χ1v) is 4.90. The van der Waals surface area contributed by atoms with Crippen molar-refractivity contribution in [1.82, 2.24) is 9.97 Å². The quantitative estimate of drug-likeness (QED) is 0.709. The van der Waals surface area contributed by atoms with E-state index in [2.05, 4.69) is 9.97 Å². The van der Waals surface area contributed by atoms with Gasteiger partial charge in [-0.3, -0.25) is 0 Å². The SMILES string of the molecule is O=C(OC1CCOC1)c1cnc(Cl)cn1. The number of rotatable bonds is 2. The first-order chi connectivity index (χ1) is 7.25. The van der Waals surface area contributed by atoms with Crippen LogP contribution in [-0.2, 0) is 9.47 Å². The van der Waals surface area contributed by atoms with Crippen molar-refractivity contribution in [3.63, 3.8) is 0 Å². The lowest BCUT2D eigenvalue weighted by molar-refractivity contribution is 0.0263. The molecule has 0 aliphatic carbocycles. The first kappa shape index (κ1) is 10.3. The lowest BCUT2D eigenvalue weighted by Gasteiger charge is -2.08. The van der Waals surface area contributed by atoms with Crippen LogP contribution < -0.4 is 0 Å². The van der Waals surface area contributed by atoms with E-state index in [-0.39, 0.29) is 17.0 Å². The molecule has 0 aromatic carbocycles. The van der Waals surface area contributed by atoms with E-state index < -0.39 is 5.97 Å². The summed E-state index contributed by atoms with van der Waals surface area (Å²) < 4.78 is 10.2. The van der Waals surface area contributed by atoms with E-state index in [0.717, 1.165) is 6.42 Å². The summed E-state index contributed by atoms with van der Waals surface area (Å²) >= 11 is 5.54. The van der Waals surface area contributed by atoms with E-state index in [1.165, 1.54) is 12.4 Å². The number of hydrogen-bond donors (Lipinski definition) is 0. The van der Waals surface area contributed by atoms with Gasteiger partial charge in [0, 0.05) is 6.42 Å². The van der Waals surface area contributed by atoms with Crippen LogP contribution in [0.5, 0.6) is 0 Å². The maximum absolute atomic E-state index is 11.5. The summed E-state index contributed by atoms with van der Waals surface area (Å²) in [5.41, 5.74) is 0.159. The molecule has 1 fully saturated rings. The van der Waals surface area contributed by atoms with Crippen LogP contribution in [0.15, 0.2) is 12.4 Å². The molecule has 0 radical (unpaired) electrons. The van der Waals surface area contributed by atoms with Gasteiger partial charge < -0.3 is 9.47 Å². The Labute approximate surface area is 91.4 Å². The Morgan fingerprint density at radius 3 is 3.00 bits per heavy atom. The number of hydrogen-bond acceptors (Lipinski definition) is 5. The topological polar surface area (TPSA) is 61.3 Å². The molecule has 1 aromatic rings. The predicted molar refractivity (Wildman–Crippen MR) is 51.7 cm³/mol. The van der Waals surface area contributed by atoms with Gasteiger partial charge in [-0.05, 0) is 0 Å². The Balaban J connectivity index is 1.98. The lowest BCUT2D eigenvalue weighted by atomic mass is 10.3.